The van der Waals surface area contributed by atoms with E-state index in [2.05, 4.69) is 35.1 Å². The molecule has 1 rings (SSSR count). The number of amides is 1. The van der Waals surface area contributed by atoms with Crippen molar-refractivity contribution in [3.05, 3.63) is 33.8 Å². The fraction of sp³-hybridized carbons (Fsp3) is 0.533. The van der Waals surface area contributed by atoms with Crippen molar-refractivity contribution < 1.29 is 9.90 Å². The molecule has 4 heteroatoms. The van der Waals surface area contributed by atoms with Crippen LogP contribution in [0.1, 0.15) is 42.6 Å². The van der Waals surface area contributed by atoms with Gasteiger partial charge in [-0.2, -0.15) is 0 Å². The molecule has 0 aliphatic carbocycles. The van der Waals surface area contributed by atoms with Gasteiger partial charge >= 0.3 is 0 Å². The average molecular weight is 328 g/mol. The maximum Gasteiger partial charge on any atom is 0.251 e. The number of hydrogen-bond acceptors (Lipinski definition) is 2. The van der Waals surface area contributed by atoms with Gasteiger partial charge in [0.25, 0.3) is 5.91 Å². The minimum Gasteiger partial charge on any atom is -0.391 e. The van der Waals surface area contributed by atoms with E-state index >= 15 is 0 Å². The van der Waals surface area contributed by atoms with Crippen molar-refractivity contribution in [1.82, 2.24) is 5.32 Å². The van der Waals surface area contributed by atoms with Crippen molar-refractivity contribution in [3.8, 4) is 0 Å². The minimum atomic E-state index is -0.480. The molecule has 0 heterocycles. The summed E-state index contributed by atoms with van der Waals surface area (Å²) in [6.07, 6.45) is 1.36. The van der Waals surface area contributed by atoms with E-state index in [-0.39, 0.29) is 11.8 Å². The van der Waals surface area contributed by atoms with Crippen molar-refractivity contribution in [2.24, 2.45) is 5.92 Å². The molecule has 2 N–H and O–H groups in total. The van der Waals surface area contributed by atoms with Gasteiger partial charge in [0.15, 0.2) is 0 Å². The number of hydrogen-bond donors (Lipinski definition) is 2. The third-order valence-corrected chi connectivity index (χ3v) is 4.44. The van der Waals surface area contributed by atoms with Gasteiger partial charge in [-0.15, -0.1) is 0 Å². The molecule has 0 bridgehead atoms. The lowest BCUT2D eigenvalue weighted by atomic mass is 9.96. The summed E-state index contributed by atoms with van der Waals surface area (Å²) >= 11 is 3.41. The summed E-state index contributed by atoms with van der Waals surface area (Å²) in [5.74, 6) is 0.104. The molecule has 1 atom stereocenters. The molecule has 3 nitrogen and oxygen atoms in total. The van der Waals surface area contributed by atoms with Crippen LogP contribution in [0.2, 0.25) is 0 Å². The van der Waals surface area contributed by atoms with E-state index in [1.54, 1.807) is 6.07 Å². The molecule has 1 amide bonds. The summed E-state index contributed by atoms with van der Waals surface area (Å²) in [5, 5.41) is 12.8. The number of halogens is 1. The highest BCUT2D eigenvalue weighted by molar-refractivity contribution is 9.10. The molecule has 1 aromatic rings. The fourth-order valence-electron chi connectivity index (χ4n) is 2.15. The van der Waals surface area contributed by atoms with Crippen LogP contribution in [0.3, 0.4) is 0 Å². The van der Waals surface area contributed by atoms with Crippen LogP contribution in [0.5, 0.6) is 0 Å². The summed E-state index contributed by atoms with van der Waals surface area (Å²) in [6.45, 7) is 6.31. The van der Waals surface area contributed by atoms with Crippen molar-refractivity contribution in [1.29, 1.82) is 0 Å². The first-order valence-corrected chi connectivity index (χ1v) is 7.51. The summed E-state index contributed by atoms with van der Waals surface area (Å²) in [5.41, 5.74) is 1.56. The lowest BCUT2D eigenvalue weighted by molar-refractivity contribution is 0.0816. The summed E-state index contributed by atoms with van der Waals surface area (Å²) in [7, 11) is 0. The second-order valence-electron chi connectivity index (χ2n) is 4.77. The maximum atomic E-state index is 12.1. The van der Waals surface area contributed by atoms with E-state index in [4.69, 9.17) is 0 Å². The largest absolute Gasteiger partial charge is 0.391 e. The zero-order valence-electron chi connectivity index (χ0n) is 11.7. The number of aliphatic hydroxyl groups excluding tert-OH is 1. The monoisotopic (exact) mass is 327 g/mol. The van der Waals surface area contributed by atoms with Gasteiger partial charge in [0.2, 0.25) is 0 Å². The molecule has 0 aliphatic rings. The molecule has 0 aromatic heterocycles. The summed E-state index contributed by atoms with van der Waals surface area (Å²) in [6, 6.07) is 5.54. The van der Waals surface area contributed by atoms with Crippen LogP contribution in [0.15, 0.2) is 22.7 Å². The quantitative estimate of drug-likeness (QED) is 0.842. The minimum absolute atomic E-state index is 0.135. The van der Waals surface area contributed by atoms with Crippen LogP contribution >= 0.6 is 15.9 Å². The molecule has 106 valence electrons. The molecular formula is C15H22BrNO2. The van der Waals surface area contributed by atoms with E-state index in [9.17, 15) is 9.90 Å². The Morgan fingerprint density at radius 2 is 2.00 bits per heavy atom. The van der Waals surface area contributed by atoms with Crippen LogP contribution in [-0.4, -0.2) is 23.7 Å². The lowest BCUT2D eigenvalue weighted by Gasteiger charge is -2.20. The van der Waals surface area contributed by atoms with Crippen LogP contribution in [0.4, 0.5) is 0 Å². The van der Waals surface area contributed by atoms with Gasteiger partial charge in [-0.25, -0.2) is 0 Å². The predicted octanol–water partition coefficient (Wildman–Crippen LogP) is 3.28. The normalized spacial score (nSPS) is 12.5. The Morgan fingerprint density at radius 1 is 1.37 bits per heavy atom. The van der Waals surface area contributed by atoms with Gasteiger partial charge in [0.1, 0.15) is 0 Å². The molecule has 0 saturated carbocycles. The maximum absolute atomic E-state index is 12.1. The molecule has 0 aliphatic heterocycles. The first-order valence-electron chi connectivity index (χ1n) is 6.72. The van der Waals surface area contributed by atoms with Crippen LogP contribution in [0.25, 0.3) is 0 Å². The van der Waals surface area contributed by atoms with Crippen LogP contribution in [0, 0.1) is 12.8 Å². The van der Waals surface area contributed by atoms with E-state index in [0.717, 1.165) is 22.9 Å². The third kappa shape index (κ3) is 4.32. The molecule has 1 aromatic carbocycles. The van der Waals surface area contributed by atoms with E-state index in [1.165, 1.54) is 0 Å². The van der Waals surface area contributed by atoms with Gasteiger partial charge in [-0.05, 0) is 30.5 Å². The number of carbonyl (C=O) groups excluding carboxylic acids is 1. The first kappa shape index (κ1) is 16.2. The average Bonchev–Trinajstić information content (AvgIpc) is 2.40. The van der Waals surface area contributed by atoms with Crippen LogP contribution in [-0.2, 0) is 0 Å². The van der Waals surface area contributed by atoms with Crippen LogP contribution < -0.4 is 5.32 Å². The second-order valence-corrected chi connectivity index (χ2v) is 5.62. The standard InChI is InChI=1S/C15H22BrNO2/c1-4-11(5-2)14(18)9-17-15(19)12-7-6-8-13(16)10(12)3/h6-8,11,14,18H,4-5,9H2,1-3H3,(H,17,19). The number of rotatable bonds is 6. The fourth-order valence-corrected chi connectivity index (χ4v) is 2.51. The Labute approximate surface area is 123 Å². The molecule has 0 spiro atoms. The Kier molecular flexibility index (Phi) is 6.52. The van der Waals surface area contributed by atoms with E-state index in [1.807, 2.05) is 19.1 Å². The molecule has 0 fully saturated rings. The predicted molar refractivity (Wildman–Crippen MR) is 81.3 cm³/mol. The Morgan fingerprint density at radius 3 is 2.58 bits per heavy atom. The molecule has 1 unspecified atom stereocenters. The Balaban J connectivity index is 2.63. The molecule has 0 radical (unpaired) electrons. The summed E-state index contributed by atoms with van der Waals surface area (Å²) in [4.78, 5) is 12.1. The SMILES string of the molecule is CCC(CC)C(O)CNC(=O)c1cccc(Br)c1C. The van der Waals surface area contributed by atoms with Crippen molar-refractivity contribution >= 4 is 21.8 Å². The highest BCUT2D eigenvalue weighted by Crippen LogP contribution is 2.19. The van der Waals surface area contributed by atoms with E-state index in [0.29, 0.717) is 12.1 Å². The van der Waals surface area contributed by atoms with Crippen molar-refractivity contribution in [2.45, 2.75) is 39.7 Å². The topological polar surface area (TPSA) is 49.3 Å². The smallest absolute Gasteiger partial charge is 0.251 e. The number of benzene rings is 1. The zero-order chi connectivity index (χ0) is 14.4. The second kappa shape index (κ2) is 7.65. The number of nitrogens with one attached hydrogen (secondary N) is 1. The van der Waals surface area contributed by atoms with Gasteiger partial charge in [-0.1, -0.05) is 48.7 Å². The van der Waals surface area contributed by atoms with Gasteiger partial charge in [-0.3, -0.25) is 4.79 Å². The number of carbonyl (C=O) groups is 1. The first-order chi connectivity index (χ1) is 9.01. The third-order valence-electron chi connectivity index (χ3n) is 3.58. The number of aliphatic hydroxyl groups is 1. The highest BCUT2D eigenvalue weighted by Gasteiger charge is 2.17. The molecule has 19 heavy (non-hydrogen) atoms. The Hall–Kier alpha value is -0.870. The molecule has 0 saturated heterocycles. The van der Waals surface area contributed by atoms with Crippen molar-refractivity contribution in [2.75, 3.05) is 6.54 Å². The van der Waals surface area contributed by atoms with E-state index < -0.39 is 6.10 Å². The summed E-state index contributed by atoms with van der Waals surface area (Å²) < 4.78 is 0.917. The lowest BCUT2D eigenvalue weighted by Crippen LogP contribution is -2.36. The molecular weight excluding hydrogens is 306 g/mol. The van der Waals surface area contributed by atoms with Gasteiger partial charge in [0.05, 0.1) is 6.10 Å². The highest BCUT2D eigenvalue weighted by atomic mass is 79.9. The van der Waals surface area contributed by atoms with Gasteiger partial charge in [0, 0.05) is 16.6 Å². The van der Waals surface area contributed by atoms with Gasteiger partial charge < -0.3 is 10.4 Å². The van der Waals surface area contributed by atoms with Crippen molar-refractivity contribution in [3.63, 3.8) is 0 Å². The Bertz CT molecular complexity index is 430. The zero-order valence-corrected chi connectivity index (χ0v) is 13.3.